The van der Waals surface area contributed by atoms with Crippen LogP contribution in [-0.4, -0.2) is 15.6 Å². The zero-order valence-corrected chi connectivity index (χ0v) is 19.3. The van der Waals surface area contributed by atoms with Crippen molar-refractivity contribution in [3.8, 4) is 11.1 Å². The van der Waals surface area contributed by atoms with E-state index in [2.05, 4.69) is 92.1 Å². The molecule has 0 saturated heterocycles. The SMILES string of the molecule is C/C=C(\C=C/CC)c1cc(-c2ccccc2)c(CC)n1C1C=CC=CC(CCC(=O)O)=C1. The number of carboxylic acids is 1. The molecule has 0 bridgehead atoms. The van der Waals surface area contributed by atoms with Gasteiger partial charge in [0.25, 0.3) is 0 Å². The second-order valence-electron chi connectivity index (χ2n) is 7.90. The lowest BCUT2D eigenvalue weighted by atomic mass is 10.0. The van der Waals surface area contributed by atoms with Crippen LogP contribution in [0.25, 0.3) is 16.7 Å². The third kappa shape index (κ3) is 5.47. The summed E-state index contributed by atoms with van der Waals surface area (Å²) in [5.41, 5.74) is 7.16. The molecule has 0 spiro atoms. The topological polar surface area (TPSA) is 42.2 Å². The van der Waals surface area contributed by atoms with E-state index in [0.29, 0.717) is 6.42 Å². The van der Waals surface area contributed by atoms with Gasteiger partial charge in [-0.3, -0.25) is 4.79 Å². The Balaban J connectivity index is 2.20. The predicted molar refractivity (Wildman–Crippen MR) is 135 cm³/mol. The number of hydrogen-bond acceptors (Lipinski definition) is 1. The summed E-state index contributed by atoms with van der Waals surface area (Å²) < 4.78 is 2.42. The van der Waals surface area contributed by atoms with Gasteiger partial charge in [0.05, 0.1) is 6.04 Å². The van der Waals surface area contributed by atoms with E-state index < -0.39 is 5.97 Å². The maximum Gasteiger partial charge on any atom is 0.303 e. The minimum atomic E-state index is -0.767. The number of rotatable bonds is 9. The van der Waals surface area contributed by atoms with Gasteiger partial charge in [-0.15, -0.1) is 0 Å². The maximum absolute atomic E-state index is 11.1. The number of benzene rings is 1. The molecular formula is C29H33NO2. The Kier molecular flexibility index (Phi) is 8.27. The third-order valence-electron chi connectivity index (χ3n) is 5.74. The predicted octanol–water partition coefficient (Wildman–Crippen LogP) is 7.55. The number of carbonyl (C=O) groups is 1. The first-order valence-electron chi connectivity index (χ1n) is 11.5. The molecule has 3 nitrogen and oxygen atoms in total. The van der Waals surface area contributed by atoms with Crippen molar-refractivity contribution < 1.29 is 9.90 Å². The Labute approximate surface area is 191 Å². The quantitative estimate of drug-likeness (QED) is 0.420. The first-order chi connectivity index (χ1) is 15.6. The molecule has 0 saturated carbocycles. The van der Waals surface area contributed by atoms with Gasteiger partial charge in [0, 0.05) is 23.4 Å². The number of hydrogen-bond donors (Lipinski definition) is 1. The van der Waals surface area contributed by atoms with E-state index in [1.165, 1.54) is 28.1 Å². The maximum atomic E-state index is 11.1. The number of allylic oxidation sites excluding steroid dienone is 10. The fraction of sp³-hybridized carbons (Fsp3) is 0.276. The summed E-state index contributed by atoms with van der Waals surface area (Å²) in [5, 5.41) is 9.15. The molecule has 1 unspecified atom stereocenters. The molecule has 0 radical (unpaired) electrons. The first kappa shape index (κ1) is 23.3. The van der Waals surface area contributed by atoms with Crippen LogP contribution in [0.1, 0.15) is 57.5 Å². The van der Waals surface area contributed by atoms with E-state index in [0.717, 1.165) is 18.4 Å². The Morgan fingerprint density at radius 3 is 2.59 bits per heavy atom. The molecular weight excluding hydrogens is 394 g/mol. The number of aromatic nitrogens is 1. The van der Waals surface area contributed by atoms with Crippen LogP contribution in [0.3, 0.4) is 0 Å². The molecule has 166 valence electrons. The summed E-state index contributed by atoms with van der Waals surface area (Å²) in [6.07, 6.45) is 19.6. The monoisotopic (exact) mass is 427 g/mol. The Bertz CT molecular complexity index is 1080. The third-order valence-corrected chi connectivity index (χ3v) is 5.74. The van der Waals surface area contributed by atoms with Crippen LogP contribution in [0.5, 0.6) is 0 Å². The molecule has 2 aromatic rings. The highest BCUT2D eigenvalue weighted by atomic mass is 16.4. The molecule has 1 aromatic heterocycles. The molecule has 1 heterocycles. The lowest BCUT2D eigenvalue weighted by molar-refractivity contribution is -0.136. The van der Waals surface area contributed by atoms with E-state index in [1.54, 1.807) is 0 Å². The molecule has 1 atom stereocenters. The molecule has 0 fully saturated rings. The average molecular weight is 428 g/mol. The smallest absolute Gasteiger partial charge is 0.303 e. The highest BCUT2D eigenvalue weighted by Gasteiger charge is 2.21. The van der Waals surface area contributed by atoms with Gasteiger partial charge in [0.1, 0.15) is 0 Å². The Hall–Kier alpha value is -3.33. The number of nitrogens with zero attached hydrogens (tertiary/aromatic N) is 1. The largest absolute Gasteiger partial charge is 0.481 e. The molecule has 0 aliphatic heterocycles. The minimum absolute atomic E-state index is 0.0150. The van der Waals surface area contributed by atoms with E-state index in [-0.39, 0.29) is 12.5 Å². The Morgan fingerprint density at radius 2 is 1.94 bits per heavy atom. The lowest BCUT2D eigenvalue weighted by Gasteiger charge is -2.20. The van der Waals surface area contributed by atoms with Crippen LogP contribution in [0.15, 0.2) is 90.6 Å². The van der Waals surface area contributed by atoms with Crippen LogP contribution in [0.2, 0.25) is 0 Å². The van der Waals surface area contributed by atoms with Crippen molar-refractivity contribution in [3.63, 3.8) is 0 Å². The molecule has 1 aliphatic rings. The van der Waals surface area contributed by atoms with Gasteiger partial charge in [-0.25, -0.2) is 0 Å². The van der Waals surface area contributed by atoms with Crippen molar-refractivity contribution in [2.24, 2.45) is 0 Å². The van der Waals surface area contributed by atoms with Crippen molar-refractivity contribution >= 4 is 11.5 Å². The van der Waals surface area contributed by atoms with Crippen LogP contribution in [0, 0.1) is 0 Å². The van der Waals surface area contributed by atoms with Gasteiger partial charge in [0.2, 0.25) is 0 Å². The van der Waals surface area contributed by atoms with Gasteiger partial charge >= 0.3 is 5.97 Å². The fourth-order valence-corrected chi connectivity index (χ4v) is 4.20. The van der Waals surface area contributed by atoms with Crippen LogP contribution >= 0.6 is 0 Å². The first-order valence-corrected chi connectivity index (χ1v) is 11.5. The summed E-state index contributed by atoms with van der Waals surface area (Å²) >= 11 is 0. The van der Waals surface area contributed by atoms with Crippen molar-refractivity contribution in [1.29, 1.82) is 0 Å². The van der Waals surface area contributed by atoms with Crippen molar-refractivity contribution in [2.75, 3.05) is 0 Å². The lowest BCUT2D eigenvalue weighted by Crippen LogP contribution is -2.11. The second-order valence-corrected chi connectivity index (χ2v) is 7.90. The molecule has 1 N–H and O–H groups in total. The Morgan fingerprint density at radius 1 is 1.16 bits per heavy atom. The summed E-state index contributed by atoms with van der Waals surface area (Å²) in [4.78, 5) is 11.1. The molecule has 32 heavy (non-hydrogen) atoms. The van der Waals surface area contributed by atoms with Crippen LogP contribution in [0.4, 0.5) is 0 Å². The molecule has 0 amide bonds. The van der Waals surface area contributed by atoms with Gasteiger partial charge in [-0.05, 0) is 49.0 Å². The standard InChI is InChI=1S/C29H33NO2/c1-4-7-14-23(5-2)28-21-26(24-15-9-8-10-16-24)27(6-3)30(28)25-17-12-11-13-22(20-25)18-19-29(31)32/h5,7-17,20-21,25H,4,6,18-19H2,1-3H3,(H,31,32)/b14-7-,23-5+. The summed E-state index contributed by atoms with van der Waals surface area (Å²) in [6, 6.07) is 12.9. The molecule has 3 heteroatoms. The zero-order chi connectivity index (χ0) is 22.9. The highest BCUT2D eigenvalue weighted by molar-refractivity contribution is 5.79. The fourth-order valence-electron chi connectivity index (χ4n) is 4.20. The highest BCUT2D eigenvalue weighted by Crippen LogP contribution is 2.36. The molecule has 1 aromatic carbocycles. The molecule has 1 aliphatic carbocycles. The van der Waals surface area contributed by atoms with E-state index in [4.69, 9.17) is 5.11 Å². The second kappa shape index (κ2) is 11.3. The van der Waals surface area contributed by atoms with Crippen LogP contribution in [-0.2, 0) is 11.2 Å². The van der Waals surface area contributed by atoms with Gasteiger partial charge in [-0.2, -0.15) is 0 Å². The summed E-state index contributed by atoms with van der Waals surface area (Å²) in [7, 11) is 0. The zero-order valence-electron chi connectivity index (χ0n) is 19.3. The van der Waals surface area contributed by atoms with Crippen molar-refractivity contribution in [2.45, 2.75) is 52.5 Å². The number of aliphatic carboxylic acids is 1. The van der Waals surface area contributed by atoms with Crippen molar-refractivity contribution in [3.05, 3.63) is 102 Å². The van der Waals surface area contributed by atoms with E-state index in [9.17, 15) is 4.79 Å². The summed E-state index contributed by atoms with van der Waals surface area (Å²) in [5.74, 6) is -0.767. The molecule has 3 rings (SSSR count). The minimum Gasteiger partial charge on any atom is -0.481 e. The number of carboxylic acid groups (broad SMARTS) is 1. The van der Waals surface area contributed by atoms with Gasteiger partial charge < -0.3 is 9.67 Å². The van der Waals surface area contributed by atoms with Gasteiger partial charge in [0.15, 0.2) is 0 Å². The van der Waals surface area contributed by atoms with E-state index in [1.807, 2.05) is 18.2 Å². The van der Waals surface area contributed by atoms with Gasteiger partial charge in [-0.1, -0.05) is 92.8 Å². The van der Waals surface area contributed by atoms with Crippen LogP contribution < -0.4 is 0 Å². The van der Waals surface area contributed by atoms with Crippen molar-refractivity contribution in [1.82, 2.24) is 4.57 Å². The average Bonchev–Trinajstić information content (AvgIpc) is 3.03. The summed E-state index contributed by atoms with van der Waals surface area (Å²) in [6.45, 7) is 6.43. The normalized spacial score (nSPS) is 16.4. The van der Waals surface area contributed by atoms with E-state index >= 15 is 0 Å².